The number of aromatic nitrogens is 2. The Hall–Kier alpha value is -4.26. The van der Waals surface area contributed by atoms with Gasteiger partial charge in [0, 0.05) is 36.0 Å². The molecule has 5 aromatic rings. The highest BCUT2D eigenvalue weighted by Crippen LogP contribution is 2.29. The number of hydrogen-bond acceptors (Lipinski definition) is 1. The normalized spacial score (nSPS) is 10.9. The minimum atomic E-state index is -6.00. The summed E-state index contributed by atoms with van der Waals surface area (Å²) in [6.07, 6.45) is 1.85. The van der Waals surface area contributed by atoms with Crippen molar-refractivity contribution in [2.24, 2.45) is 0 Å². The van der Waals surface area contributed by atoms with Gasteiger partial charge in [-0.3, -0.25) is 0 Å². The summed E-state index contributed by atoms with van der Waals surface area (Å²) in [6.45, 7) is 0. The molecule has 0 N–H and O–H groups in total. The van der Waals surface area contributed by atoms with Gasteiger partial charge in [-0.05, 0) is 35.4 Å². The van der Waals surface area contributed by atoms with E-state index in [-0.39, 0.29) is 0 Å². The molecule has 0 radical (unpaired) electrons. The first-order chi connectivity index (χ1) is 16.9. The highest BCUT2D eigenvalue weighted by Gasteiger charge is 2.25. The van der Waals surface area contributed by atoms with Crippen molar-refractivity contribution >= 4 is 7.25 Å². The molecule has 0 amide bonds. The minimum Gasteiger partial charge on any atom is -0.418 e. The van der Waals surface area contributed by atoms with E-state index in [1.807, 2.05) is 30.5 Å². The zero-order valence-electron chi connectivity index (χ0n) is 18.6. The monoisotopic (exact) mass is 472 g/mol. The second-order valence-electron chi connectivity index (χ2n) is 7.63. The molecule has 0 aliphatic heterocycles. The fourth-order valence-electron chi connectivity index (χ4n) is 3.77. The third kappa shape index (κ3) is 6.41. The first kappa shape index (κ1) is 23.9. The van der Waals surface area contributed by atoms with Gasteiger partial charge in [-0.25, -0.2) is 4.98 Å². The van der Waals surface area contributed by atoms with Gasteiger partial charge in [-0.2, -0.15) is 4.57 Å². The van der Waals surface area contributed by atoms with Crippen molar-refractivity contribution in [1.82, 2.24) is 4.98 Å². The Morgan fingerprint density at radius 2 is 1.00 bits per heavy atom. The predicted molar refractivity (Wildman–Crippen MR) is 132 cm³/mol. The third-order valence-corrected chi connectivity index (χ3v) is 5.18. The summed E-state index contributed by atoms with van der Waals surface area (Å²) in [5, 5.41) is 0. The van der Waals surface area contributed by atoms with Crippen molar-refractivity contribution in [3.8, 4) is 39.5 Å². The van der Waals surface area contributed by atoms with Gasteiger partial charge in [-0.1, -0.05) is 72.8 Å². The first-order valence-electron chi connectivity index (χ1n) is 11.0. The van der Waals surface area contributed by atoms with Crippen LogP contribution in [0.3, 0.4) is 0 Å². The molecule has 2 nitrogen and oxygen atoms in total. The van der Waals surface area contributed by atoms with Crippen molar-refractivity contribution in [3.63, 3.8) is 0 Å². The van der Waals surface area contributed by atoms with E-state index >= 15 is 0 Å². The Bertz CT molecular complexity index is 1300. The quantitative estimate of drug-likeness (QED) is 0.149. The number of benzene rings is 3. The highest BCUT2D eigenvalue weighted by molar-refractivity contribution is 6.50. The van der Waals surface area contributed by atoms with Crippen LogP contribution in [0, 0.1) is 0 Å². The van der Waals surface area contributed by atoms with Crippen molar-refractivity contribution in [2.75, 3.05) is 0 Å². The molecule has 0 aliphatic rings. The molecule has 0 fully saturated rings. The zero-order chi connectivity index (χ0) is 24.7. The third-order valence-electron chi connectivity index (χ3n) is 5.18. The number of rotatable bonds is 4. The van der Waals surface area contributed by atoms with Crippen LogP contribution in [0.4, 0.5) is 17.3 Å². The lowest BCUT2D eigenvalue weighted by atomic mass is 10.00. The summed E-state index contributed by atoms with van der Waals surface area (Å²) in [4.78, 5) is 4.68. The number of para-hydroxylation sites is 1. The number of pyridine rings is 2. The lowest BCUT2D eigenvalue weighted by Gasteiger charge is -2.12. The molecule has 3 aromatic carbocycles. The van der Waals surface area contributed by atoms with Crippen LogP contribution in [0.5, 0.6) is 0 Å². The molecule has 2 aromatic heterocycles. The van der Waals surface area contributed by atoms with Crippen LogP contribution in [0.25, 0.3) is 39.5 Å². The molecule has 0 unspecified atom stereocenters. The van der Waals surface area contributed by atoms with E-state index < -0.39 is 7.25 Å². The van der Waals surface area contributed by atoms with E-state index in [0.29, 0.717) is 0 Å². The van der Waals surface area contributed by atoms with E-state index in [2.05, 4.69) is 107 Å². The van der Waals surface area contributed by atoms with Crippen LogP contribution >= 0.6 is 0 Å². The van der Waals surface area contributed by atoms with Gasteiger partial charge >= 0.3 is 7.25 Å². The average Bonchev–Trinajstić information content (AvgIpc) is 2.89. The highest BCUT2D eigenvalue weighted by atomic mass is 19.5. The molecule has 35 heavy (non-hydrogen) atoms. The van der Waals surface area contributed by atoms with Crippen LogP contribution < -0.4 is 4.57 Å². The Balaban J connectivity index is 0.000000527. The molecule has 5 rings (SSSR count). The summed E-state index contributed by atoms with van der Waals surface area (Å²) < 4.78 is 41.3. The van der Waals surface area contributed by atoms with Gasteiger partial charge in [0.1, 0.15) is 5.69 Å². The molecule has 0 aliphatic carbocycles. The summed E-state index contributed by atoms with van der Waals surface area (Å²) in [6, 6.07) is 42.1. The Morgan fingerprint density at radius 1 is 0.514 bits per heavy atom. The fourth-order valence-corrected chi connectivity index (χ4v) is 3.77. The molecular formula is C28H21BF4N2. The number of hydrogen-bond donors (Lipinski definition) is 0. The molecule has 0 saturated heterocycles. The molecular weight excluding hydrogens is 451 g/mol. The zero-order valence-corrected chi connectivity index (χ0v) is 18.6. The summed E-state index contributed by atoms with van der Waals surface area (Å²) in [5.74, 6) is 0. The Kier molecular flexibility index (Phi) is 7.36. The summed E-state index contributed by atoms with van der Waals surface area (Å²) >= 11 is 0. The number of halogens is 4. The van der Waals surface area contributed by atoms with E-state index in [0.717, 1.165) is 28.3 Å². The molecule has 0 saturated carbocycles. The van der Waals surface area contributed by atoms with E-state index in [4.69, 9.17) is 0 Å². The largest absolute Gasteiger partial charge is 0.673 e. The van der Waals surface area contributed by atoms with Crippen LogP contribution in [0.15, 0.2) is 128 Å². The maximum absolute atomic E-state index is 9.75. The van der Waals surface area contributed by atoms with Gasteiger partial charge in [0.05, 0.1) is 0 Å². The van der Waals surface area contributed by atoms with Crippen molar-refractivity contribution in [2.45, 2.75) is 0 Å². The first-order valence-corrected chi connectivity index (χ1v) is 11.0. The maximum atomic E-state index is 9.75. The van der Waals surface area contributed by atoms with Gasteiger partial charge in [0.25, 0.3) is 0 Å². The average molecular weight is 472 g/mol. The summed E-state index contributed by atoms with van der Waals surface area (Å²) in [5.41, 5.74) is 7.75. The molecule has 0 atom stereocenters. The SMILES string of the molecule is F[B-](F)(F)F.c1ccc(-c2cc(-c3ccccc3)[n+](-c3ccccc3)c(-c3ccccn3)c2)cc1. The lowest BCUT2D eigenvalue weighted by Crippen LogP contribution is -2.36. The molecule has 0 bridgehead atoms. The van der Waals surface area contributed by atoms with Crippen molar-refractivity contribution < 1.29 is 21.8 Å². The maximum Gasteiger partial charge on any atom is 0.673 e. The van der Waals surface area contributed by atoms with Gasteiger partial charge in [0.15, 0.2) is 0 Å². The predicted octanol–water partition coefficient (Wildman–Crippen LogP) is 7.66. The standard InChI is InChI=1S/C28H21N2.BF4/c1-4-12-22(13-5-1)24-20-27(23-14-6-2-7-15-23)30(25-16-8-3-9-17-25)28(21-24)26-18-10-11-19-29-26;2-1(3,4)5/h1-21H;/q+1;-1. The van der Waals surface area contributed by atoms with E-state index in [1.165, 1.54) is 11.1 Å². The van der Waals surface area contributed by atoms with Crippen LogP contribution in [-0.4, -0.2) is 12.2 Å². The Morgan fingerprint density at radius 3 is 1.54 bits per heavy atom. The topological polar surface area (TPSA) is 16.8 Å². The van der Waals surface area contributed by atoms with Gasteiger partial charge in [-0.15, -0.1) is 0 Å². The van der Waals surface area contributed by atoms with E-state index in [9.17, 15) is 17.3 Å². The van der Waals surface area contributed by atoms with Crippen LogP contribution in [0.2, 0.25) is 0 Å². The second kappa shape index (κ2) is 10.8. The molecule has 174 valence electrons. The summed E-state index contributed by atoms with van der Waals surface area (Å²) in [7, 11) is -6.00. The van der Waals surface area contributed by atoms with Crippen molar-refractivity contribution in [1.29, 1.82) is 0 Å². The van der Waals surface area contributed by atoms with E-state index in [1.54, 1.807) is 0 Å². The molecule has 2 heterocycles. The van der Waals surface area contributed by atoms with Crippen molar-refractivity contribution in [3.05, 3.63) is 128 Å². The smallest absolute Gasteiger partial charge is 0.418 e. The van der Waals surface area contributed by atoms with Crippen LogP contribution in [-0.2, 0) is 0 Å². The lowest BCUT2D eigenvalue weighted by molar-refractivity contribution is -0.572. The van der Waals surface area contributed by atoms with Crippen LogP contribution in [0.1, 0.15) is 0 Å². The molecule has 7 heteroatoms. The Labute approximate surface area is 201 Å². The minimum absolute atomic E-state index is 0.941. The fraction of sp³-hybridized carbons (Fsp3) is 0. The second-order valence-corrected chi connectivity index (χ2v) is 7.63. The number of nitrogens with zero attached hydrogens (tertiary/aromatic N) is 2. The van der Waals surface area contributed by atoms with Gasteiger partial charge < -0.3 is 17.3 Å². The molecule has 0 spiro atoms. The van der Waals surface area contributed by atoms with Gasteiger partial charge in [0.2, 0.25) is 17.1 Å².